The summed E-state index contributed by atoms with van der Waals surface area (Å²) in [5.41, 5.74) is 0. The number of aliphatic hydroxyl groups is 1. The zero-order chi connectivity index (χ0) is 15.9. The molecule has 22 heavy (non-hydrogen) atoms. The Labute approximate surface area is 135 Å². The molecule has 0 spiro atoms. The van der Waals surface area contributed by atoms with E-state index in [0.29, 0.717) is 6.04 Å². The first-order chi connectivity index (χ1) is 10.6. The highest BCUT2D eigenvalue weighted by atomic mass is 16.3. The summed E-state index contributed by atoms with van der Waals surface area (Å²) in [4.78, 5) is 9.82. The third-order valence-corrected chi connectivity index (χ3v) is 4.65. The largest absolute Gasteiger partial charge is 0.393 e. The highest BCUT2D eigenvalue weighted by Gasteiger charge is 2.25. The van der Waals surface area contributed by atoms with Crippen LogP contribution in [0, 0.1) is 5.92 Å². The molecule has 5 heteroatoms. The Balaban J connectivity index is 1.91. The second-order valence-corrected chi connectivity index (χ2v) is 7.10. The third kappa shape index (κ3) is 5.13. The van der Waals surface area contributed by atoms with Gasteiger partial charge in [-0.05, 0) is 45.1 Å². The molecular formula is C17H34N4O. The van der Waals surface area contributed by atoms with Gasteiger partial charge in [0.05, 0.1) is 12.6 Å². The number of hydrogen-bond donors (Lipinski definition) is 2. The first kappa shape index (κ1) is 17.5. The maximum atomic E-state index is 9.67. The summed E-state index contributed by atoms with van der Waals surface area (Å²) in [5, 5.41) is 13.1. The molecule has 0 radical (unpaired) electrons. The molecule has 128 valence electrons. The van der Waals surface area contributed by atoms with Gasteiger partial charge in [-0.2, -0.15) is 0 Å². The summed E-state index contributed by atoms with van der Waals surface area (Å²) >= 11 is 0. The van der Waals surface area contributed by atoms with Crippen LogP contribution in [-0.4, -0.2) is 72.3 Å². The molecule has 2 heterocycles. The third-order valence-electron chi connectivity index (χ3n) is 4.65. The molecule has 0 saturated carbocycles. The molecule has 0 unspecified atom stereocenters. The van der Waals surface area contributed by atoms with Gasteiger partial charge in [0.1, 0.15) is 0 Å². The number of likely N-dealkylation sites (tertiary alicyclic amines) is 2. The standard InChI is InChI=1S/C17H34N4O/c1-4-18-17(20-10-7-16(22)8-11-20)19-12-15-6-5-9-21(15)13-14(2)3/h14-16,22H,4-13H2,1-3H3,(H,18,19)/t15-/m1/s1. The minimum atomic E-state index is -0.129. The lowest BCUT2D eigenvalue weighted by atomic mass is 10.1. The quantitative estimate of drug-likeness (QED) is 0.597. The van der Waals surface area contributed by atoms with Gasteiger partial charge < -0.3 is 15.3 Å². The van der Waals surface area contributed by atoms with Gasteiger partial charge in [-0.1, -0.05) is 13.8 Å². The van der Waals surface area contributed by atoms with Crippen molar-refractivity contribution >= 4 is 5.96 Å². The molecule has 2 fully saturated rings. The van der Waals surface area contributed by atoms with Gasteiger partial charge in [-0.15, -0.1) is 0 Å². The average molecular weight is 310 g/mol. The van der Waals surface area contributed by atoms with E-state index < -0.39 is 0 Å². The topological polar surface area (TPSA) is 51.1 Å². The van der Waals surface area contributed by atoms with Crippen LogP contribution in [0.4, 0.5) is 0 Å². The van der Waals surface area contributed by atoms with Gasteiger partial charge in [-0.3, -0.25) is 9.89 Å². The van der Waals surface area contributed by atoms with E-state index in [2.05, 4.69) is 35.9 Å². The lowest BCUT2D eigenvalue weighted by Crippen LogP contribution is -2.47. The van der Waals surface area contributed by atoms with E-state index in [-0.39, 0.29) is 6.10 Å². The molecule has 0 aliphatic carbocycles. The number of hydrogen-bond acceptors (Lipinski definition) is 3. The molecule has 5 nitrogen and oxygen atoms in total. The van der Waals surface area contributed by atoms with Crippen LogP contribution in [0.1, 0.15) is 46.5 Å². The summed E-state index contributed by atoms with van der Waals surface area (Å²) < 4.78 is 0. The summed E-state index contributed by atoms with van der Waals surface area (Å²) in [7, 11) is 0. The summed E-state index contributed by atoms with van der Waals surface area (Å²) in [6.07, 6.45) is 4.16. The predicted octanol–water partition coefficient (Wildman–Crippen LogP) is 1.53. The maximum absolute atomic E-state index is 9.67. The van der Waals surface area contributed by atoms with Crippen LogP contribution < -0.4 is 5.32 Å². The van der Waals surface area contributed by atoms with Crippen molar-refractivity contribution in [3.8, 4) is 0 Å². The van der Waals surface area contributed by atoms with E-state index in [4.69, 9.17) is 4.99 Å². The van der Waals surface area contributed by atoms with Gasteiger partial charge in [0.2, 0.25) is 0 Å². The molecule has 2 N–H and O–H groups in total. The predicted molar refractivity (Wildman–Crippen MR) is 92.2 cm³/mol. The van der Waals surface area contributed by atoms with Crippen LogP contribution in [0.3, 0.4) is 0 Å². The molecule has 0 aromatic heterocycles. The van der Waals surface area contributed by atoms with Gasteiger partial charge >= 0.3 is 0 Å². The van der Waals surface area contributed by atoms with Gasteiger partial charge in [-0.25, -0.2) is 0 Å². The van der Waals surface area contributed by atoms with Crippen molar-refractivity contribution in [2.75, 3.05) is 39.3 Å². The van der Waals surface area contributed by atoms with Crippen LogP contribution in [-0.2, 0) is 0 Å². The van der Waals surface area contributed by atoms with E-state index in [9.17, 15) is 5.11 Å². The molecule has 0 amide bonds. The average Bonchev–Trinajstić information content (AvgIpc) is 2.91. The van der Waals surface area contributed by atoms with Crippen molar-refractivity contribution < 1.29 is 5.11 Å². The van der Waals surface area contributed by atoms with Crippen molar-refractivity contribution in [3.05, 3.63) is 0 Å². The Morgan fingerprint density at radius 3 is 2.59 bits per heavy atom. The fourth-order valence-electron chi connectivity index (χ4n) is 3.51. The molecule has 2 aliphatic heterocycles. The Bertz CT molecular complexity index is 351. The van der Waals surface area contributed by atoms with Crippen LogP contribution in [0.5, 0.6) is 0 Å². The Morgan fingerprint density at radius 1 is 1.23 bits per heavy atom. The monoisotopic (exact) mass is 310 g/mol. The molecule has 1 atom stereocenters. The molecule has 2 aliphatic rings. The fourth-order valence-corrected chi connectivity index (χ4v) is 3.51. The van der Waals surface area contributed by atoms with Crippen molar-refractivity contribution in [2.24, 2.45) is 10.9 Å². The number of rotatable bonds is 5. The molecule has 0 aromatic carbocycles. The second kappa shape index (κ2) is 8.73. The minimum Gasteiger partial charge on any atom is -0.393 e. The van der Waals surface area contributed by atoms with Gasteiger partial charge in [0.25, 0.3) is 0 Å². The van der Waals surface area contributed by atoms with Crippen molar-refractivity contribution in [2.45, 2.75) is 58.6 Å². The number of aliphatic imine (C=N–C) groups is 1. The number of piperidine rings is 1. The number of aliphatic hydroxyl groups excluding tert-OH is 1. The van der Waals surface area contributed by atoms with E-state index in [1.807, 2.05) is 0 Å². The van der Waals surface area contributed by atoms with Crippen LogP contribution in [0.15, 0.2) is 4.99 Å². The van der Waals surface area contributed by atoms with E-state index in [1.165, 1.54) is 25.9 Å². The van der Waals surface area contributed by atoms with Crippen molar-refractivity contribution in [1.29, 1.82) is 0 Å². The van der Waals surface area contributed by atoms with Crippen molar-refractivity contribution in [1.82, 2.24) is 15.1 Å². The molecule has 2 rings (SSSR count). The highest BCUT2D eigenvalue weighted by Crippen LogP contribution is 2.19. The number of nitrogens with one attached hydrogen (secondary N) is 1. The van der Waals surface area contributed by atoms with Gasteiger partial charge in [0.15, 0.2) is 5.96 Å². The second-order valence-electron chi connectivity index (χ2n) is 7.10. The van der Waals surface area contributed by atoms with E-state index >= 15 is 0 Å². The Morgan fingerprint density at radius 2 is 1.95 bits per heavy atom. The zero-order valence-corrected chi connectivity index (χ0v) is 14.6. The number of nitrogens with zero attached hydrogens (tertiary/aromatic N) is 3. The first-order valence-corrected chi connectivity index (χ1v) is 9.05. The first-order valence-electron chi connectivity index (χ1n) is 9.05. The van der Waals surface area contributed by atoms with E-state index in [0.717, 1.165) is 50.9 Å². The minimum absolute atomic E-state index is 0.129. The van der Waals surface area contributed by atoms with E-state index in [1.54, 1.807) is 0 Å². The normalized spacial score (nSPS) is 25.2. The fraction of sp³-hybridized carbons (Fsp3) is 0.941. The summed E-state index contributed by atoms with van der Waals surface area (Å²) in [5.74, 6) is 1.76. The SMILES string of the molecule is CCNC(=NC[C@H]1CCCN1CC(C)C)N1CCC(O)CC1. The Kier molecular flexibility index (Phi) is 6.96. The smallest absolute Gasteiger partial charge is 0.193 e. The Hall–Kier alpha value is -0.810. The van der Waals surface area contributed by atoms with Crippen molar-refractivity contribution in [3.63, 3.8) is 0 Å². The highest BCUT2D eigenvalue weighted by molar-refractivity contribution is 5.80. The van der Waals surface area contributed by atoms with Crippen LogP contribution in [0.2, 0.25) is 0 Å². The molecule has 0 bridgehead atoms. The summed E-state index contributed by atoms with van der Waals surface area (Å²) in [6.45, 7) is 12.7. The number of guanidine groups is 1. The lowest BCUT2D eigenvalue weighted by Gasteiger charge is -2.33. The maximum Gasteiger partial charge on any atom is 0.193 e. The summed E-state index contributed by atoms with van der Waals surface area (Å²) in [6, 6.07) is 0.603. The molecule has 0 aromatic rings. The van der Waals surface area contributed by atoms with Crippen LogP contribution in [0.25, 0.3) is 0 Å². The lowest BCUT2D eigenvalue weighted by molar-refractivity contribution is 0.108. The molecular weight excluding hydrogens is 276 g/mol. The zero-order valence-electron chi connectivity index (χ0n) is 14.6. The van der Waals surface area contributed by atoms with Crippen LogP contribution >= 0.6 is 0 Å². The molecule has 2 saturated heterocycles. The van der Waals surface area contributed by atoms with Gasteiger partial charge in [0, 0.05) is 32.2 Å².